The number of nitrogens with zero attached hydrogens (tertiary/aromatic N) is 2. The molecule has 1 aromatic heterocycles. The third-order valence-corrected chi connectivity index (χ3v) is 5.32. The molecule has 0 saturated carbocycles. The van der Waals surface area contributed by atoms with E-state index in [9.17, 15) is 0 Å². The van der Waals surface area contributed by atoms with E-state index in [-0.39, 0.29) is 0 Å². The quantitative estimate of drug-likeness (QED) is 0.911. The van der Waals surface area contributed by atoms with Crippen LogP contribution in [-0.4, -0.2) is 55.1 Å². The van der Waals surface area contributed by atoms with E-state index in [1.807, 2.05) is 11.3 Å². The Labute approximate surface area is 120 Å². The van der Waals surface area contributed by atoms with Crippen LogP contribution in [0.5, 0.6) is 0 Å². The van der Waals surface area contributed by atoms with Gasteiger partial charge in [-0.1, -0.05) is 6.07 Å². The Kier molecular flexibility index (Phi) is 4.53. The zero-order chi connectivity index (χ0) is 13.1. The molecule has 1 aromatic rings. The Morgan fingerprint density at radius 1 is 1.37 bits per heavy atom. The van der Waals surface area contributed by atoms with Crippen LogP contribution in [0.15, 0.2) is 17.5 Å². The highest BCUT2D eigenvalue weighted by Crippen LogP contribution is 2.28. The molecule has 0 aromatic carbocycles. The van der Waals surface area contributed by atoms with E-state index in [2.05, 4.69) is 39.6 Å². The van der Waals surface area contributed by atoms with Gasteiger partial charge in [0, 0.05) is 37.1 Å². The highest BCUT2D eigenvalue weighted by atomic mass is 32.1. The third-order valence-electron chi connectivity index (χ3n) is 4.34. The first-order valence-corrected chi connectivity index (χ1v) is 8.44. The smallest absolute Gasteiger partial charge is 0.0570 e. The van der Waals surface area contributed by atoms with Gasteiger partial charge in [0.15, 0.2) is 0 Å². The van der Waals surface area contributed by atoms with Gasteiger partial charge in [0.2, 0.25) is 0 Å². The van der Waals surface area contributed by atoms with E-state index in [1.165, 1.54) is 45.6 Å². The summed E-state index contributed by atoms with van der Waals surface area (Å²) in [4.78, 5) is 6.88. The van der Waals surface area contributed by atoms with E-state index in [4.69, 9.17) is 0 Å². The van der Waals surface area contributed by atoms with Crippen LogP contribution in [0.1, 0.15) is 30.7 Å². The molecule has 0 radical (unpaired) electrons. The molecule has 106 valence electrons. The normalized spacial score (nSPS) is 27.7. The minimum Gasteiger partial charge on any atom is -0.312 e. The summed E-state index contributed by atoms with van der Waals surface area (Å²) in [6.45, 7) is 9.59. The molecule has 0 amide bonds. The summed E-state index contributed by atoms with van der Waals surface area (Å²) in [5.41, 5.74) is 0. The predicted octanol–water partition coefficient (Wildman–Crippen LogP) is 2.18. The number of nitrogens with one attached hydrogen (secondary N) is 1. The van der Waals surface area contributed by atoms with Crippen molar-refractivity contribution in [3.63, 3.8) is 0 Å². The topological polar surface area (TPSA) is 18.5 Å². The molecule has 2 unspecified atom stereocenters. The summed E-state index contributed by atoms with van der Waals surface area (Å²) < 4.78 is 0. The number of hydrogen-bond acceptors (Lipinski definition) is 4. The second-order valence-electron chi connectivity index (χ2n) is 5.89. The predicted molar refractivity (Wildman–Crippen MR) is 81.8 cm³/mol. The Bertz CT molecular complexity index is 373. The van der Waals surface area contributed by atoms with Crippen LogP contribution in [-0.2, 0) is 0 Å². The molecule has 3 nitrogen and oxygen atoms in total. The fourth-order valence-electron chi connectivity index (χ4n) is 3.32. The van der Waals surface area contributed by atoms with Gasteiger partial charge in [-0.25, -0.2) is 0 Å². The Morgan fingerprint density at radius 3 is 2.89 bits per heavy atom. The fourth-order valence-corrected chi connectivity index (χ4v) is 4.17. The van der Waals surface area contributed by atoms with Crippen molar-refractivity contribution in [2.75, 3.05) is 39.3 Å². The fraction of sp³-hybridized carbons (Fsp3) is 0.733. The SMILES string of the molecule is CC1CN(C(CN2CCCC2)c2cccs2)CCN1. The summed E-state index contributed by atoms with van der Waals surface area (Å²) in [7, 11) is 0. The number of likely N-dealkylation sites (tertiary alicyclic amines) is 1. The first kappa shape index (κ1) is 13.6. The second kappa shape index (κ2) is 6.35. The molecule has 1 N–H and O–H groups in total. The molecule has 4 heteroatoms. The molecule has 3 heterocycles. The first-order chi connectivity index (χ1) is 9.33. The van der Waals surface area contributed by atoms with Gasteiger partial charge < -0.3 is 10.2 Å². The third kappa shape index (κ3) is 3.37. The van der Waals surface area contributed by atoms with Crippen molar-refractivity contribution in [2.45, 2.75) is 31.8 Å². The Balaban J connectivity index is 1.71. The lowest BCUT2D eigenvalue weighted by molar-refractivity contribution is 0.119. The van der Waals surface area contributed by atoms with Crippen molar-refractivity contribution in [2.24, 2.45) is 0 Å². The summed E-state index contributed by atoms with van der Waals surface area (Å²) >= 11 is 1.92. The molecule has 0 spiro atoms. The molecule has 2 aliphatic heterocycles. The van der Waals surface area contributed by atoms with Gasteiger partial charge in [0.05, 0.1) is 6.04 Å². The average Bonchev–Trinajstić information content (AvgIpc) is 3.09. The Morgan fingerprint density at radius 2 is 2.21 bits per heavy atom. The van der Waals surface area contributed by atoms with Crippen molar-refractivity contribution in [3.05, 3.63) is 22.4 Å². The lowest BCUT2D eigenvalue weighted by Gasteiger charge is -2.39. The van der Waals surface area contributed by atoms with Gasteiger partial charge in [0.1, 0.15) is 0 Å². The van der Waals surface area contributed by atoms with Crippen molar-refractivity contribution in [1.82, 2.24) is 15.1 Å². The maximum atomic E-state index is 3.55. The minimum absolute atomic E-state index is 0.600. The van der Waals surface area contributed by atoms with Crippen LogP contribution in [0.2, 0.25) is 0 Å². The Hall–Kier alpha value is -0.420. The maximum absolute atomic E-state index is 3.55. The molecule has 2 fully saturated rings. The van der Waals surface area contributed by atoms with Gasteiger partial charge in [-0.05, 0) is 44.3 Å². The summed E-state index contributed by atoms with van der Waals surface area (Å²) in [6.07, 6.45) is 2.77. The number of thiophene rings is 1. The molecule has 3 rings (SSSR count). The summed E-state index contributed by atoms with van der Waals surface area (Å²) in [5.74, 6) is 0. The number of hydrogen-bond donors (Lipinski definition) is 1. The standard InChI is InChI=1S/C15H25N3S/c1-13-11-18(9-6-16-13)14(15-5-4-10-19-15)12-17-7-2-3-8-17/h4-5,10,13-14,16H,2-3,6-9,11-12H2,1H3. The van der Waals surface area contributed by atoms with Crippen LogP contribution in [0.25, 0.3) is 0 Å². The number of rotatable bonds is 4. The summed E-state index contributed by atoms with van der Waals surface area (Å²) in [5, 5.41) is 5.77. The van der Waals surface area contributed by atoms with Crippen LogP contribution >= 0.6 is 11.3 Å². The van der Waals surface area contributed by atoms with E-state index >= 15 is 0 Å². The molecule has 2 saturated heterocycles. The van der Waals surface area contributed by atoms with E-state index < -0.39 is 0 Å². The number of piperazine rings is 1. The van der Waals surface area contributed by atoms with Crippen molar-refractivity contribution >= 4 is 11.3 Å². The van der Waals surface area contributed by atoms with Gasteiger partial charge >= 0.3 is 0 Å². The molecule has 2 aliphatic rings. The molecule has 0 bridgehead atoms. The highest BCUT2D eigenvalue weighted by Gasteiger charge is 2.28. The van der Waals surface area contributed by atoms with Gasteiger partial charge in [-0.15, -0.1) is 11.3 Å². The van der Waals surface area contributed by atoms with E-state index in [1.54, 1.807) is 4.88 Å². The lowest BCUT2D eigenvalue weighted by atomic mass is 10.1. The minimum atomic E-state index is 0.600. The van der Waals surface area contributed by atoms with Crippen molar-refractivity contribution < 1.29 is 0 Å². The molecule has 19 heavy (non-hydrogen) atoms. The average molecular weight is 279 g/mol. The largest absolute Gasteiger partial charge is 0.312 e. The molecular weight excluding hydrogens is 254 g/mol. The van der Waals surface area contributed by atoms with Crippen molar-refractivity contribution in [3.8, 4) is 0 Å². The van der Waals surface area contributed by atoms with Gasteiger partial charge in [-0.3, -0.25) is 4.90 Å². The maximum Gasteiger partial charge on any atom is 0.0570 e. The monoisotopic (exact) mass is 279 g/mol. The van der Waals surface area contributed by atoms with Gasteiger partial charge in [-0.2, -0.15) is 0 Å². The van der Waals surface area contributed by atoms with Gasteiger partial charge in [0.25, 0.3) is 0 Å². The van der Waals surface area contributed by atoms with Crippen LogP contribution in [0.4, 0.5) is 0 Å². The highest BCUT2D eigenvalue weighted by molar-refractivity contribution is 7.10. The van der Waals surface area contributed by atoms with Crippen molar-refractivity contribution in [1.29, 1.82) is 0 Å². The zero-order valence-electron chi connectivity index (χ0n) is 11.8. The summed E-state index contributed by atoms with van der Waals surface area (Å²) in [6, 6.07) is 5.73. The van der Waals surface area contributed by atoms with E-state index in [0.717, 1.165) is 6.54 Å². The zero-order valence-corrected chi connectivity index (χ0v) is 12.7. The van der Waals surface area contributed by atoms with Crippen LogP contribution < -0.4 is 5.32 Å². The molecular formula is C15H25N3S. The first-order valence-electron chi connectivity index (χ1n) is 7.56. The van der Waals surface area contributed by atoms with Crippen LogP contribution in [0.3, 0.4) is 0 Å². The molecule has 2 atom stereocenters. The second-order valence-corrected chi connectivity index (χ2v) is 6.87. The van der Waals surface area contributed by atoms with E-state index in [0.29, 0.717) is 12.1 Å². The lowest BCUT2D eigenvalue weighted by Crippen LogP contribution is -2.51. The molecule has 0 aliphatic carbocycles. The van der Waals surface area contributed by atoms with Crippen LogP contribution in [0, 0.1) is 0 Å².